The molecule has 0 aliphatic rings. The monoisotopic (exact) mass is 274 g/mol. The Morgan fingerprint density at radius 2 is 1.75 bits per heavy atom. The van der Waals surface area contributed by atoms with E-state index in [0.717, 1.165) is 6.42 Å². The second-order valence-corrected chi connectivity index (χ2v) is 6.03. The van der Waals surface area contributed by atoms with E-state index in [0.29, 0.717) is 12.1 Å². The van der Waals surface area contributed by atoms with Crippen molar-refractivity contribution < 1.29 is 5.11 Å². The van der Waals surface area contributed by atoms with Gasteiger partial charge in [0.15, 0.2) is 0 Å². The van der Waals surface area contributed by atoms with Crippen LogP contribution < -0.4 is 0 Å². The van der Waals surface area contributed by atoms with Gasteiger partial charge in [0.25, 0.3) is 0 Å². The Bertz CT molecular complexity index is 537. The summed E-state index contributed by atoms with van der Waals surface area (Å²) >= 11 is 0. The van der Waals surface area contributed by atoms with Gasteiger partial charge in [-0.15, -0.1) is 0 Å². The zero-order chi connectivity index (χ0) is 14.7. The van der Waals surface area contributed by atoms with Gasteiger partial charge in [-0.1, -0.05) is 18.2 Å². The van der Waals surface area contributed by atoms with E-state index in [1.165, 1.54) is 16.5 Å². The molecule has 2 N–H and O–H groups in total. The van der Waals surface area contributed by atoms with Gasteiger partial charge in [0, 0.05) is 35.2 Å². The largest absolute Gasteiger partial charge is 0.395 e. The third kappa shape index (κ3) is 3.05. The van der Waals surface area contributed by atoms with E-state index in [9.17, 15) is 5.11 Å². The van der Waals surface area contributed by atoms with Gasteiger partial charge in [0.2, 0.25) is 0 Å². The molecule has 1 heterocycles. The first-order valence-electron chi connectivity index (χ1n) is 7.47. The summed E-state index contributed by atoms with van der Waals surface area (Å²) in [6.45, 7) is 8.96. The Labute approximate surface area is 121 Å². The minimum Gasteiger partial charge on any atom is -0.395 e. The third-order valence-corrected chi connectivity index (χ3v) is 3.96. The Morgan fingerprint density at radius 1 is 1.10 bits per heavy atom. The highest BCUT2D eigenvalue weighted by Crippen LogP contribution is 2.22. The molecule has 3 heteroatoms. The molecular weight excluding hydrogens is 248 g/mol. The lowest BCUT2D eigenvalue weighted by Gasteiger charge is -2.37. The van der Waals surface area contributed by atoms with Crippen molar-refractivity contribution in [3.63, 3.8) is 0 Å². The van der Waals surface area contributed by atoms with Gasteiger partial charge in [-0.05, 0) is 45.7 Å². The standard InChI is InChI=1S/C17H26N2O/c1-12(2)19(13(3)4)15(11-20)9-14-10-18-17-8-6-5-7-16(14)17/h5-8,10,12-13,15,18,20H,9,11H2,1-4H3/t15-/m0/s1. The molecule has 0 spiro atoms. The topological polar surface area (TPSA) is 39.3 Å². The van der Waals surface area contributed by atoms with Crippen molar-refractivity contribution in [3.8, 4) is 0 Å². The van der Waals surface area contributed by atoms with E-state index in [1.54, 1.807) is 0 Å². The molecule has 110 valence electrons. The highest BCUT2D eigenvalue weighted by Gasteiger charge is 2.24. The molecule has 20 heavy (non-hydrogen) atoms. The molecule has 0 bridgehead atoms. The average molecular weight is 274 g/mol. The van der Waals surface area contributed by atoms with Gasteiger partial charge in [0.1, 0.15) is 0 Å². The van der Waals surface area contributed by atoms with Crippen LogP contribution >= 0.6 is 0 Å². The minimum atomic E-state index is 0.161. The smallest absolute Gasteiger partial charge is 0.0590 e. The van der Waals surface area contributed by atoms with Crippen molar-refractivity contribution in [1.29, 1.82) is 0 Å². The predicted molar refractivity (Wildman–Crippen MR) is 85.0 cm³/mol. The molecule has 0 radical (unpaired) electrons. The molecule has 0 aliphatic heterocycles. The fourth-order valence-electron chi connectivity index (χ4n) is 3.26. The van der Waals surface area contributed by atoms with Gasteiger partial charge < -0.3 is 10.1 Å². The summed E-state index contributed by atoms with van der Waals surface area (Å²) in [6.07, 6.45) is 2.95. The zero-order valence-electron chi connectivity index (χ0n) is 12.9. The van der Waals surface area contributed by atoms with Crippen molar-refractivity contribution >= 4 is 10.9 Å². The second kappa shape index (κ2) is 6.42. The number of rotatable bonds is 6. The first kappa shape index (κ1) is 15.1. The molecule has 1 aromatic heterocycles. The normalized spacial score (nSPS) is 13.8. The van der Waals surface area contributed by atoms with Crippen molar-refractivity contribution in [3.05, 3.63) is 36.0 Å². The van der Waals surface area contributed by atoms with E-state index < -0.39 is 0 Å². The Balaban J connectivity index is 2.25. The molecule has 0 aliphatic carbocycles. The quantitative estimate of drug-likeness (QED) is 0.849. The van der Waals surface area contributed by atoms with Crippen LogP contribution in [0, 0.1) is 0 Å². The molecule has 3 nitrogen and oxygen atoms in total. The Morgan fingerprint density at radius 3 is 2.35 bits per heavy atom. The number of aliphatic hydroxyl groups is 1. The summed E-state index contributed by atoms with van der Waals surface area (Å²) in [6, 6.07) is 9.36. The van der Waals surface area contributed by atoms with Crippen LogP contribution in [0.1, 0.15) is 33.3 Å². The highest BCUT2D eigenvalue weighted by molar-refractivity contribution is 5.83. The van der Waals surface area contributed by atoms with Gasteiger partial charge in [-0.2, -0.15) is 0 Å². The van der Waals surface area contributed by atoms with Crippen LogP contribution in [0.4, 0.5) is 0 Å². The van der Waals surface area contributed by atoms with Crippen LogP contribution in [0.3, 0.4) is 0 Å². The van der Waals surface area contributed by atoms with Crippen LogP contribution in [0.5, 0.6) is 0 Å². The lowest BCUT2D eigenvalue weighted by Crippen LogP contribution is -2.47. The maximum atomic E-state index is 9.81. The molecule has 0 saturated carbocycles. The molecule has 0 amide bonds. The van der Waals surface area contributed by atoms with E-state index >= 15 is 0 Å². The number of nitrogens with zero attached hydrogens (tertiary/aromatic N) is 1. The summed E-state index contributed by atoms with van der Waals surface area (Å²) in [4.78, 5) is 5.71. The van der Waals surface area contributed by atoms with Gasteiger partial charge >= 0.3 is 0 Å². The maximum absolute atomic E-state index is 9.81. The van der Waals surface area contributed by atoms with Crippen LogP contribution in [0.25, 0.3) is 10.9 Å². The summed E-state index contributed by atoms with van der Waals surface area (Å²) in [5.41, 5.74) is 2.45. The number of para-hydroxylation sites is 1. The summed E-state index contributed by atoms with van der Waals surface area (Å²) in [5, 5.41) is 11.1. The fourth-order valence-corrected chi connectivity index (χ4v) is 3.26. The van der Waals surface area contributed by atoms with E-state index in [1.807, 2.05) is 6.07 Å². The molecule has 0 fully saturated rings. The van der Waals surface area contributed by atoms with E-state index in [2.05, 4.69) is 62.0 Å². The summed E-state index contributed by atoms with van der Waals surface area (Å²) in [5.74, 6) is 0. The van der Waals surface area contributed by atoms with Crippen LogP contribution in [-0.4, -0.2) is 39.7 Å². The average Bonchev–Trinajstić information content (AvgIpc) is 2.80. The third-order valence-electron chi connectivity index (χ3n) is 3.96. The molecule has 1 aromatic carbocycles. The first-order valence-corrected chi connectivity index (χ1v) is 7.47. The molecule has 0 saturated heterocycles. The number of fused-ring (bicyclic) bond motifs is 1. The number of H-pyrrole nitrogens is 1. The van der Waals surface area contributed by atoms with E-state index in [4.69, 9.17) is 0 Å². The predicted octanol–water partition coefficient (Wildman–Crippen LogP) is 3.19. The van der Waals surface area contributed by atoms with Gasteiger partial charge in [0.05, 0.1) is 6.61 Å². The minimum absolute atomic E-state index is 0.161. The number of aromatic amines is 1. The first-order chi connectivity index (χ1) is 9.54. The summed E-state index contributed by atoms with van der Waals surface area (Å²) < 4.78 is 0. The number of nitrogens with one attached hydrogen (secondary N) is 1. The van der Waals surface area contributed by atoms with E-state index in [-0.39, 0.29) is 12.6 Å². The van der Waals surface area contributed by atoms with Gasteiger partial charge in [-0.25, -0.2) is 0 Å². The Hall–Kier alpha value is -1.32. The number of aromatic nitrogens is 1. The lowest BCUT2D eigenvalue weighted by molar-refractivity contribution is 0.0677. The van der Waals surface area contributed by atoms with Crippen LogP contribution in [-0.2, 0) is 6.42 Å². The fraction of sp³-hybridized carbons (Fsp3) is 0.529. The number of hydrogen-bond donors (Lipinski definition) is 2. The second-order valence-electron chi connectivity index (χ2n) is 6.03. The molecule has 2 aromatic rings. The number of hydrogen-bond acceptors (Lipinski definition) is 2. The number of benzene rings is 1. The number of aliphatic hydroxyl groups excluding tert-OH is 1. The zero-order valence-corrected chi connectivity index (χ0v) is 12.9. The molecular formula is C17H26N2O. The summed E-state index contributed by atoms with van der Waals surface area (Å²) in [7, 11) is 0. The maximum Gasteiger partial charge on any atom is 0.0590 e. The molecule has 0 unspecified atom stereocenters. The lowest BCUT2D eigenvalue weighted by atomic mass is 10.0. The SMILES string of the molecule is CC(C)N(C(C)C)[C@H](CO)Cc1c[nH]c2ccccc12. The Kier molecular flexibility index (Phi) is 4.84. The molecule has 1 atom stereocenters. The van der Waals surface area contributed by atoms with Crippen molar-refractivity contribution in [2.75, 3.05) is 6.61 Å². The van der Waals surface area contributed by atoms with Crippen LogP contribution in [0.2, 0.25) is 0 Å². The van der Waals surface area contributed by atoms with Crippen molar-refractivity contribution in [1.82, 2.24) is 9.88 Å². The van der Waals surface area contributed by atoms with Crippen molar-refractivity contribution in [2.45, 2.75) is 52.2 Å². The van der Waals surface area contributed by atoms with Crippen LogP contribution in [0.15, 0.2) is 30.5 Å². The molecule has 2 rings (SSSR count). The highest BCUT2D eigenvalue weighted by atomic mass is 16.3. The van der Waals surface area contributed by atoms with Crippen molar-refractivity contribution in [2.24, 2.45) is 0 Å². The van der Waals surface area contributed by atoms with Gasteiger partial charge in [-0.3, -0.25) is 4.90 Å².